The topological polar surface area (TPSA) is 55.4 Å². The first kappa shape index (κ1) is 14.1. The van der Waals surface area contributed by atoms with Crippen molar-refractivity contribution >= 4 is 17.4 Å². The molecule has 0 aromatic heterocycles. The molecule has 22 heavy (non-hydrogen) atoms. The Morgan fingerprint density at radius 1 is 0.909 bits per heavy atom. The van der Waals surface area contributed by atoms with Gasteiger partial charge in [0.25, 0.3) is 11.7 Å². The van der Waals surface area contributed by atoms with Gasteiger partial charge in [-0.05, 0) is 35.4 Å². The average molecular weight is 307 g/mol. The molecule has 1 N–H and O–H groups in total. The number of nitrogens with one attached hydrogen (secondary N) is 1. The molecule has 0 radical (unpaired) electrons. The lowest BCUT2D eigenvalue weighted by atomic mass is 10.0. The van der Waals surface area contributed by atoms with Gasteiger partial charge in [0.05, 0.1) is 11.3 Å². The second-order valence-electron chi connectivity index (χ2n) is 4.62. The number of halogens is 3. The van der Waals surface area contributed by atoms with Crippen molar-refractivity contribution in [3.8, 4) is 16.9 Å². The van der Waals surface area contributed by atoms with Crippen LogP contribution in [-0.4, -0.2) is 18.1 Å². The lowest BCUT2D eigenvalue weighted by Crippen LogP contribution is -2.16. The summed E-state index contributed by atoms with van der Waals surface area (Å²) in [5, 5.41) is 2.44. The maximum Gasteiger partial charge on any atom is 0.573 e. The van der Waals surface area contributed by atoms with Crippen molar-refractivity contribution in [2.75, 3.05) is 5.32 Å². The highest BCUT2D eigenvalue weighted by Gasteiger charge is 2.31. The van der Waals surface area contributed by atoms with E-state index in [0.717, 1.165) is 0 Å². The third kappa shape index (κ3) is 2.65. The fourth-order valence-corrected chi connectivity index (χ4v) is 2.18. The van der Waals surface area contributed by atoms with Crippen molar-refractivity contribution in [2.24, 2.45) is 0 Å². The Balaban J connectivity index is 1.88. The van der Waals surface area contributed by atoms with E-state index in [2.05, 4.69) is 10.1 Å². The van der Waals surface area contributed by atoms with Crippen LogP contribution in [0.15, 0.2) is 42.5 Å². The van der Waals surface area contributed by atoms with Crippen molar-refractivity contribution in [3.05, 3.63) is 48.0 Å². The van der Waals surface area contributed by atoms with Crippen LogP contribution in [0.25, 0.3) is 11.1 Å². The number of hydrogen-bond donors (Lipinski definition) is 1. The van der Waals surface area contributed by atoms with Gasteiger partial charge in [-0.3, -0.25) is 9.59 Å². The molecule has 0 spiro atoms. The standard InChI is InChI=1S/C15H8F3NO3/c16-15(17,18)22-10-4-1-8(2-5-10)9-3-6-11-12(7-9)19-14(21)13(11)20/h1-7H,(H,19,20,21). The fraction of sp³-hybridized carbons (Fsp3) is 0.0667. The van der Waals surface area contributed by atoms with Crippen LogP contribution in [0.2, 0.25) is 0 Å². The Hall–Kier alpha value is -2.83. The molecule has 0 fully saturated rings. The molecule has 112 valence electrons. The number of carbonyl (C=O) groups is 2. The SMILES string of the molecule is O=C1Nc2cc(-c3ccc(OC(F)(F)F)cc3)ccc2C1=O. The molecule has 1 heterocycles. The summed E-state index contributed by atoms with van der Waals surface area (Å²) < 4.78 is 40.1. The van der Waals surface area contributed by atoms with E-state index in [4.69, 9.17) is 0 Å². The molecule has 0 saturated heterocycles. The number of hydrogen-bond acceptors (Lipinski definition) is 3. The number of anilines is 1. The van der Waals surface area contributed by atoms with Crippen molar-refractivity contribution in [2.45, 2.75) is 6.36 Å². The highest BCUT2D eigenvalue weighted by atomic mass is 19.4. The van der Waals surface area contributed by atoms with Crippen LogP contribution in [0, 0.1) is 0 Å². The van der Waals surface area contributed by atoms with Crippen LogP contribution >= 0.6 is 0 Å². The minimum atomic E-state index is -4.74. The molecule has 0 saturated carbocycles. The van der Waals surface area contributed by atoms with Gasteiger partial charge in [-0.1, -0.05) is 18.2 Å². The number of Topliss-reactive ketones (excluding diaryl/α,β-unsaturated/α-hetero) is 1. The van der Waals surface area contributed by atoms with E-state index in [0.29, 0.717) is 16.8 Å². The molecule has 1 amide bonds. The molecule has 0 aliphatic carbocycles. The summed E-state index contributed by atoms with van der Waals surface area (Å²) in [7, 11) is 0. The van der Waals surface area contributed by atoms with E-state index in [9.17, 15) is 22.8 Å². The van der Waals surface area contributed by atoms with Crippen LogP contribution in [0.5, 0.6) is 5.75 Å². The van der Waals surface area contributed by atoms with Crippen LogP contribution in [0.1, 0.15) is 10.4 Å². The predicted octanol–water partition coefficient (Wildman–Crippen LogP) is 3.39. The third-order valence-electron chi connectivity index (χ3n) is 3.14. The minimum absolute atomic E-state index is 0.283. The lowest BCUT2D eigenvalue weighted by molar-refractivity contribution is -0.274. The Bertz CT molecular complexity index is 767. The smallest absolute Gasteiger partial charge is 0.406 e. The number of ether oxygens (including phenoxy) is 1. The minimum Gasteiger partial charge on any atom is -0.406 e. The van der Waals surface area contributed by atoms with Crippen molar-refractivity contribution in [1.82, 2.24) is 0 Å². The van der Waals surface area contributed by atoms with Gasteiger partial charge in [-0.2, -0.15) is 0 Å². The fourth-order valence-electron chi connectivity index (χ4n) is 2.18. The summed E-state index contributed by atoms with van der Waals surface area (Å²) in [6.45, 7) is 0. The number of alkyl halides is 3. The van der Waals surface area contributed by atoms with E-state index in [1.807, 2.05) is 0 Å². The van der Waals surface area contributed by atoms with Crippen LogP contribution in [0.4, 0.5) is 18.9 Å². The summed E-state index contributed by atoms with van der Waals surface area (Å²) in [6, 6.07) is 10.0. The van der Waals surface area contributed by atoms with Gasteiger partial charge in [0.15, 0.2) is 0 Å². The van der Waals surface area contributed by atoms with Crippen LogP contribution in [-0.2, 0) is 4.79 Å². The number of rotatable bonds is 2. The third-order valence-corrected chi connectivity index (χ3v) is 3.14. The molecule has 0 bridgehead atoms. The lowest BCUT2D eigenvalue weighted by Gasteiger charge is -2.09. The molecule has 3 rings (SSSR count). The van der Waals surface area contributed by atoms with E-state index in [-0.39, 0.29) is 11.3 Å². The Morgan fingerprint density at radius 3 is 2.18 bits per heavy atom. The van der Waals surface area contributed by atoms with Crippen molar-refractivity contribution < 1.29 is 27.5 Å². The average Bonchev–Trinajstić information content (AvgIpc) is 2.73. The predicted molar refractivity (Wildman–Crippen MR) is 71.5 cm³/mol. The zero-order valence-electron chi connectivity index (χ0n) is 10.9. The van der Waals surface area contributed by atoms with E-state index < -0.39 is 18.1 Å². The van der Waals surface area contributed by atoms with Crippen LogP contribution < -0.4 is 10.1 Å². The quantitative estimate of drug-likeness (QED) is 0.865. The molecule has 7 heteroatoms. The zero-order chi connectivity index (χ0) is 15.9. The summed E-state index contributed by atoms with van der Waals surface area (Å²) >= 11 is 0. The van der Waals surface area contributed by atoms with Crippen LogP contribution in [0.3, 0.4) is 0 Å². The number of benzene rings is 2. The summed E-state index contributed by atoms with van der Waals surface area (Å²) in [6.07, 6.45) is -4.74. The summed E-state index contributed by atoms with van der Waals surface area (Å²) in [5.74, 6) is -1.61. The van der Waals surface area contributed by atoms with E-state index in [1.54, 1.807) is 12.1 Å². The van der Waals surface area contributed by atoms with Gasteiger partial charge in [-0.15, -0.1) is 13.2 Å². The summed E-state index contributed by atoms with van der Waals surface area (Å²) in [5.41, 5.74) is 1.96. The van der Waals surface area contributed by atoms with Gasteiger partial charge in [0.2, 0.25) is 0 Å². The summed E-state index contributed by atoms with van der Waals surface area (Å²) in [4.78, 5) is 22.8. The van der Waals surface area contributed by atoms with Crippen molar-refractivity contribution in [1.29, 1.82) is 0 Å². The normalized spacial score (nSPS) is 13.8. The second-order valence-corrected chi connectivity index (χ2v) is 4.62. The van der Waals surface area contributed by atoms with Gasteiger partial charge in [-0.25, -0.2) is 0 Å². The van der Waals surface area contributed by atoms with Gasteiger partial charge >= 0.3 is 6.36 Å². The first-order valence-corrected chi connectivity index (χ1v) is 6.19. The molecule has 0 unspecified atom stereocenters. The number of carbonyl (C=O) groups excluding carboxylic acids is 2. The molecule has 0 atom stereocenters. The number of fused-ring (bicyclic) bond motifs is 1. The first-order chi connectivity index (χ1) is 10.3. The van der Waals surface area contributed by atoms with Gasteiger partial charge < -0.3 is 10.1 Å². The number of amides is 1. The van der Waals surface area contributed by atoms with Gasteiger partial charge in [0.1, 0.15) is 5.75 Å². The Morgan fingerprint density at radius 2 is 1.55 bits per heavy atom. The molecule has 2 aromatic rings. The van der Waals surface area contributed by atoms with Gasteiger partial charge in [0, 0.05) is 0 Å². The molecule has 1 aliphatic rings. The first-order valence-electron chi connectivity index (χ1n) is 6.19. The maximum absolute atomic E-state index is 12.1. The Kier molecular flexibility index (Phi) is 3.13. The molecule has 4 nitrogen and oxygen atoms in total. The molecule has 2 aromatic carbocycles. The monoisotopic (exact) mass is 307 g/mol. The van der Waals surface area contributed by atoms with E-state index >= 15 is 0 Å². The largest absolute Gasteiger partial charge is 0.573 e. The highest BCUT2D eigenvalue weighted by Crippen LogP contribution is 2.31. The molecule has 1 aliphatic heterocycles. The van der Waals surface area contributed by atoms with Crippen molar-refractivity contribution in [3.63, 3.8) is 0 Å². The number of ketones is 1. The second kappa shape index (κ2) is 4.87. The highest BCUT2D eigenvalue weighted by molar-refractivity contribution is 6.51. The maximum atomic E-state index is 12.1. The van der Waals surface area contributed by atoms with E-state index in [1.165, 1.54) is 30.3 Å². The molecular weight excluding hydrogens is 299 g/mol. The Labute approximate surface area is 122 Å². The zero-order valence-corrected chi connectivity index (χ0v) is 10.9. The molecular formula is C15H8F3NO3.